The first kappa shape index (κ1) is 20.1. The smallest absolute Gasteiger partial charge is 0.252 e. The van der Waals surface area contributed by atoms with Crippen LogP contribution in [0.25, 0.3) is 0 Å². The van der Waals surface area contributed by atoms with Crippen LogP contribution in [0.4, 0.5) is 0 Å². The molecular formula is C22H26N4OS. The van der Waals surface area contributed by atoms with E-state index in [-0.39, 0.29) is 11.9 Å². The molecule has 3 aromatic rings. The molecule has 5 nitrogen and oxygen atoms in total. The molecule has 0 radical (unpaired) electrons. The van der Waals surface area contributed by atoms with E-state index >= 15 is 0 Å². The highest BCUT2D eigenvalue weighted by Crippen LogP contribution is 2.24. The Balaban J connectivity index is 1.70. The Morgan fingerprint density at radius 1 is 1.11 bits per heavy atom. The minimum absolute atomic E-state index is 0.0925. The molecule has 1 N–H and O–H groups in total. The number of nitrogens with zero attached hydrogens (tertiary/aromatic N) is 3. The van der Waals surface area contributed by atoms with Gasteiger partial charge in [0, 0.05) is 17.9 Å². The number of nitrogens with one attached hydrogen (secondary N) is 1. The molecule has 1 heterocycles. The summed E-state index contributed by atoms with van der Waals surface area (Å²) in [5, 5.41) is 12.6. The number of hydrogen-bond acceptors (Lipinski definition) is 4. The maximum atomic E-state index is 12.6. The van der Waals surface area contributed by atoms with E-state index < -0.39 is 0 Å². The predicted octanol–water partition coefficient (Wildman–Crippen LogP) is 4.70. The van der Waals surface area contributed by atoms with E-state index in [1.807, 2.05) is 38.1 Å². The summed E-state index contributed by atoms with van der Waals surface area (Å²) in [7, 11) is 0. The maximum Gasteiger partial charge on any atom is 0.252 e. The summed E-state index contributed by atoms with van der Waals surface area (Å²) >= 11 is 1.66. The third kappa shape index (κ3) is 4.62. The second-order valence-electron chi connectivity index (χ2n) is 6.87. The fraction of sp³-hybridized carbons (Fsp3) is 0.318. The van der Waals surface area contributed by atoms with Crippen LogP contribution in [0.5, 0.6) is 0 Å². The summed E-state index contributed by atoms with van der Waals surface area (Å²) in [6.45, 7) is 8.79. The van der Waals surface area contributed by atoms with Crippen LogP contribution in [0.2, 0.25) is 0 Å². The Kier molecular flexibility index (Phi) is 6.52. The zero-order chi connectivity index (χ0) is 20.1. The van der Waals surface area contributed by atoms with Crippen molar-refractivity contribution in [1.82, 2.24) is 20.1 Å². The summed E-state index contributed by atoms with van der Waals surface area (Å²) in [6, 6.07) is 15.9. The first-order chi connectivity index (χ1) is 13.5. The molecule has 1 atom stereocenters. The molecule has 1 amide bonds. The van der Waals surface area contributed by atoms with Crippen LogP contribution in [0.1, 0.15) is 52.8 Å². The van der Waals surface area contributed by atoms with E-state index in [0.717, 1.165) is 28.8 Å². The summed E-state index contributed by atoms with van der Waals surface area (Å²) < 4.78 is 2.07. The van der Waals surface area contributed by atoms with Crippen LogP contribution in [-0.2, 0) is 12.3 Å². The summed E-state index contributed by atoms with van der Waals surface area (Å²) in [5.74, 6) is 1.52. The Bertz CT molecular complexity index is 949. The summed E-state index contributed by atoms with van der Waals surface area (Å²) in [4.78, 5) is 12.6. The minimum Gasteiger partial charge on any atom is -0.342 e. The van der Waals surface area contributed by atoms with Crippen LogP contribution in [0.3, 0.4) is 0 Å². The minimum atomic E-state index is -0.228. The third-order valence-electron chi connectivity index (χ3n) is 4.67. The molecule has 28 heavy (non-hydrogen) atoms. The fourth-order valence-corrected chi connectivity index (χ4v) is 3.99. The molecule has 0 saturated heterocycles. The molecule has 0 fully saturated rings. The van der Waals surface area contributed by atoms with Crippen LogP contribution < -0.4 is 5.32 Å². The van der Waals surface area contributed by atoms with E-state index in [1.54, 1.807) is 11.8 Å². The van der Waals surface area contributed by atoms with E-state index in [1.165, 1.54) is 11.1 Å². The monoisotopic (exact) mass is 394 g/mol. The van der Waals surface area contributed by atoms with E-state index in [2.05, 4.69) is 58.2 Å². The Hall–Kier alpha value is -2.60. The van der Waals surface area contributed by atoms with Crippen molar-refractivity contribution in [2.45, 2.75) is 51.2 Å². The molecule has 146 valence electrons. The van der Waals surface area contributed by atoms with Gasteiger partial charge in [0.05, 0.1) is 6.04 Å². The van der Waals surface area contributed by atoms with Gasteiger partial charge in [-0.25, -0.2) is 0 Å². The molecule has 0 aliphatic rings. The summed E-state index contributed by atoms with van der Waals surface area (Å²) in [6.07, 6.45) is 0. The predicted molar refractivity (Wildman–Crippen MR) is 113 cm³/mol. The Labute approximate surface area is 170 Å². The highest BCUT2D eigenvalue weighted by molar-refractivity contribution is 7.98. The number of aromatic nitrogens is 3. The molecular weight excluding hydrogens is 368 g/mol. The molecule has 3 rings (SSSR count). The van der Waals surface area contributed by atoms with Gasteiger partial charge in [0.2, 0.25) is 0 Å². The fourth-order valence-electron chi connectivity index (χ4n) is 3.02. The van der Waals surface area contributed by atoms with Gasteiger partial charge in [0.1, 0.15) is 0 Å². The lowest BCUT2D eigenvalue weighted by molar-refractivity contribution is 0.0937. The zero-order valence-electron chi connectivity index (χ0n) is 16.8. The number of amides is 1. The second kappa shape index (κ2) is 9.06. The topological polar surface area (TPSA) is 59.8 Å². The standard InChI is InChI=1S/C22H26N4OS/c1-5-26-20(17(4)23-21(27)19-9-7-6-8-16(19)3)24-25-22(26)28-14-18-12-10-15(2)11-13-18/h6-13,17H,5,14H2,1-4H3,(H,23,27)/t17-/m0/s1. The van der Waals surface area contributed by atoms with Crippen molar-refractivity contribution in [3.63, 3.8) is 0 Å². The van der Waals surface area contributed by atoms with Gasteiger partial charge >= 0.3 is 0 Å². The van der Waals surface area contributed by atoms with Crippen molar-refractivity contribution in [1.29, 1.82) is 0 Å². The molecule has 0 bridgehead atoms. The van der Waals surface area contributed by atoms with Crippen LogP contribution in [0, 0.1) is 13.8 Å². The quantitative estimate of drug-likeness (QED) is 0.590. The van der Waals surface area contributed by atoms with Crippen molar-refractivity contribution in [2.24, 2.45) is 0 Å². The number of benzene rings is 2. The molecule has 0 aliphatic heterocycles. The normalized spacial score (nSPS) is 12.0. The van der Waals surface area contributed by atoms with Crippen molar-refractivity contribution in [3.05, 3.63) is 76.6 Å². The van der Waals surface area contributed by atoms with E-state index in [9.17, 15) is 4.79 Å². The molecule has 0 spiro atoms. The lowest BCUT2D eigenvalue weighted by atomic mass is 10.1. The average Bonchev–Trinajstić information content (AvgIpc) is 3.11. The SMILES string of the molecule is CCn1c(SCc2ccc(C)cc2)nnc1[C@H](C)NC(=O)c1ccccc1C. The summed E-state index contributed by atoms with van der Waals surface area (Å²) in [5.41, 5.74) is 4.15. The van der Waals surface area contributed by atoms with Gasteiger partial charge in [-0.05, 0) is 44.9 Å². The Morgan fingerprint density at radius 3 is 2.50 bits per heavy atom. The van der Waals surface area contributed by atoms with Gasteiger partial charge in [0.25, 0.3) is 5.91 Å². The molecule has 2 aromatic carbocycles. The van der Waals surface area contributed by atoms with Crippen molar-refractivity contribution in [3.8, 4) is 0 Å². The number of hydrogen-bond donors (Lipinski definition) is 1. The number of thioether (sulfide) groups is 1. The van der Waals surface area contributed by atoms with Crippen LogP contribution in [0.15, 0.2) is 53.7 Å². The first-order valence-corrected chi connectivity index (χ1v) is 10.5. The number of carbonyl (C=O) groups excluding carboxylic acids is 1. The highest BCUT2D eigenvalue weighted by Gasteiger charge is 2.20. The third-order valence-corrected chi connectivity index (χ3v) is 5.71. The molecule has 6 heteroatoms. The highest BCUT2D eigenvalue weighted by atomic mass is 32.2. The maximum absolute atomic E-state index is 12.6. The molecule has 0 saturated carbocycles. The van der Waals surface area contributed by atoms with Gasteiger partial charge in [-0.3, -0.25) is 4.79 Å². The zero-order valence-corrected chi connectivity index (χ0v) is 17.6. The lowest BCUT2D eigenvalue weighted by Gasteiger charge is -2.16. The van der Waals surface area contributed by atoms with E-state index in [0.29, 0.717) is 5.56 Å². The van der Waals surface area contributed by atoms with Crippen molar-refractivity contribution >= 4 is 17.7 Å². The van der Waals surface area contributed by atoms with Crippen LogP contribution in [-0.4, -0.2) is 20.7 Å². The van der Waals surface area contributed by atoms with Gasteiger partial charge in [-0.15, -0.1) is 10.2 Å². The molecule has 1 aromatic heterocycles. The van der Waals surface area contributed by atoms with Gasteiger partial charge in [-0.1, -0.05) is 59.8 Å². The van der Waals surface area contributed by atoms with Crippen molar-refractivity contribution < 1.29 is 4.79 Å². The number of rotatable bonds is 7. The average molecular weight is 395 g/mol. The van der Waals surface area contributed by atoms with Crippen molar-refractivity contribution in [2.75, 3.05) is 0 Å². The second-order valence-corrected chi connectivity index (χ2v) is 7.81. The lowest BCUT2D eigenvalue weighted by Crippen LogP contribution is -2.29. The number of carbonyl (C=O) groups is 1. The van der Waals surface area contributed by atoms with Crippen LogP contribution >= 0.6 is 11.8 Å². The van der Waals surface area contributed by atoms with E-state index in [4.69, 9.17) is 0 Å². The van der Waals surface area contributed by atoms with Gasteiger partial charge < -0.3 is 9.88 Å². The van der Waals surface area contributed by atoms with Gasteiger partial charge in [-0.2, -0.15) is 0 Å². The largest absolute Gasteiger partial charge is 0.342 e. The Morgan fingerprint density at radius 2 is 1.82 bits per heavy atom. The van der Waals surface area contributed by atoms with Gasteiger partial charge in [0.15, 0.2) is 11.0 Å². The number of aryl methyl sites for hydroxylation is 2. The molecule has 0 unspecified atom stereocenters. The molecule has 0 aliphatic carbocycles. The first-order valence-electron chi connectivity index (χ1n) is 9.47.